The van der Waals surface area contributed by atoms with Crippen molar-refractivity contribution in [3.8, 4) is 0 Å². The minimum Gasteiger partial charge on any atom is -0.334 e. The molecular formula is C18H15BrClNO. The average molecular weight is 377 g/mol. The van der Waals surface area contributed by atoms with Gasteiger partial charge in [0.05, 0.1) is 0 Å². The fourth-order valence-electron chi connectivity index (χ4n) is 2.90. The predicted molar refractivity (Wildman–Crippen MR) is 93.1 cm³/mol. The number of rotatable bonds is 2. The highest BCUT2D eigenvalue weighted by Gasteiger charge is 2.28. The normalized spacial score (nSPS) is 17.0. The number of nitrogens with zero attached hydrogens (tertiary/aromatic N) is 1. The second-order valence-corrected chi connectivity index (χ2v) is 6.72. The third-order valence-electron chi connectivity index (χ3n) is 4.01. The summed E-state index contributed by atoms with van der Waals surface area (Å²) in [5.41, 5.74) is 3.58. The maximum atomic E-state index is 12.1. The zero-order valence-electron chi connectivity index (χ0n) is 11.9. The minimum atomic E-state index is -0.0347. The zero-order chi connectivity index (χ0) is 15.7. The van der Waals surface area contributed by atoms with Gasteiger partial charge in [-0.25, -0.2) is 0 Å². The van der Waals surface area contributed by atoms with E-state index in [4.69, 9.17) is 11.6 Å². The highest BCUT2D eigenvalue weighted by Crippen LogP contribution is 2.35. The van der Waals surface area contributed by atoms with E-state index in [0.717, 1.165) is 10.0 Å². The highest BCUT2D eigenvalue weighted by molar-refractivity contribution is 9.10. The third-order valence-corrected chi connectivity index (χ3v) is 4.75. The molecule has 0 aromatic heterocycles. The molecule has 0 saturated carbocycles. The number of fused-ring (bicyclic) bond motifs is 1. The molecule has 0 unspecified atom stereocenters. The first-order valence-electron chi connectivity index (χ1n) is 7.03. The van der Waals surface area contributed by atoms with E-state index in [1.807, 2.05) is 35.2 Å². The molecule has 1 heterocycles. The van der Waals surface area contributed by atoms with Crippen LogP contribution < -0.4 is 0 Å². The number of halogens is 2. The largest absolute Gasteiger partial charge is 0.334 e. The van der Waals surface area contributed by atoms with Crippen LogP contribution in [0.5, 0.6) is 0 Å². The standard InChI is InChI=1S/C18H15BrClNO/c1-2-18(22)21-10-13-3-6-14(19)9-16(13)17(11-21)12-4-7-15(20)8-5-12/h2-9,17H,1,10-11H2/t17-/m0/s1. The van der Waals surface area contributed by atoms with Gasteiger partial charge in [0.2, 0.25) is 5.91 Å². The van der Waals surface area contributed by atoms with Gasteiger partial charge in [-0.2, -0.15) is 0 Å². The number of carbonyl (C=O) groups is 1. The van der Waals surface area contributed by atoms with Crippen LogP contribution in [0.4, 0.5) is 0 Å². The Labute approximate surface area is 143 Å². The first-order valence-corrected chi connectivity index (χ1v) is 8.20. The molecule has 22 heavy (non-hydrogen) atoms. The summed E-state index contributed by atoms with van der Waals surface area (Å²) in [6.45, 7) is 4.87. The average Bonchev–Trinajstić information content (AvgIpc) is 2.54. The molecule has 0 saturated heterocycles. The Kier molecular flexibility index (Phi) is 4.37. The van der Waals surface area contributed by atoms with Crippen LogP contribution in [0.2, 0.25) is 5.02 Å². The molecule has 2 aromatic rings. The van der Waals surface area contributed by atoms with E-state index >= 15 is 0 Å². The summed E-state index contributed by atoms with van der Waals surface area (Å²) in [6, 6.07) is 14.1. The molecule has 1 amide bonds. The fraction of sp³-hybridized carbons (Fsp3) is 0.167. The lowest BCUT2D eigenvalue weighted by molar-refractivity contribution is -0.127. The summed E-state index contributed by atoms with van der Waals surface area (Å²) in [5, 5.41) is 0.716. The molecular weight excluding hydrogens is 362 g/mol. The van der Waals surface area contributed by atoms with Crippen LogP contribution in [0.15, 0.2) is 59.6 Å². The van der Waals surface area contributed by atoms with Crippen LogP contribution in [0.1, 0.15) is 22.6 Å². The lowest BCUT2D eigenvalue weighted by Crippen LogP contribution is -2.37. The molecule has 4 heteroatoms. The summed E-state index contributed by atoms with van der Waals surface area (Å²) in [7, 11) is 0. The molecule has 0 fully saturated rings. The summed E-state index contributed by atoms with van der Waals surface area (Å²) in [5.74, 6) is 0.106. The van der Waals surface area contributed by atoms with Crippen molar-refractivity contribution >= 4 is 33.4 Å². The lowest BCUT2D eigenvalue weighted by Gasteiger charge is -2.34. The quantitative estimate of drug-likeness (QED) is 0.692. The summed E-state index contributed by atoms with van der Waals surface area (Å²) in [6.07, 6.45) is 1.38. The van der Waals surface area contributed by atoms with Crippen LogP contribution >= 0.6 is 27.5 Å². The van der Waals surface area contributed by atoms with Gasteiger partial charge < -0.3 is 4.90 Å². The second kappa shape index (κ2) is 6.27. The summed E-state index contributed by atoms with van der Waals surface area (Å²) < 4.78 is 1.05. The molecule has 1 atom stereocenters. The van der Waals surface area contributed by atoms with Crippen molar-refractivity contribution in [1.82, 2.24) is 4.90 Å². The molecule has 3 rings (SSSR count). The van der Waals surface area contributed by atoms with E-state index < -0.39 is 0 Å². The number of benzene rings is 2. The SMILES string of the molecule is C=CC(=O)N1Cc2ccc(Br)cc2[C@H](c2ccc(Cl)cc2)C1. The minimum absolute atomic E-state index is 0.0347. The highest BCUT2D eigenvalue weighted by atomic mass is 79.9. The Morgan fingerprint density at radius 1 is 1.27 bits per heavy atom. The predicted octanol–water partition coefficient (Wildman–Crippen LogP) is 4.76. The van der Waals surface area contributed by atoms with Gasteiger partial charge in [0.15, 0.2) is 0 Å². The van der Waals surface area contributed by atoms with Crippen molar-refractivity contribution in [2.75, 3.05) is 6.54 Å². The van der Waals surface area contributed by atoms with E-state index in [9.17, 15) is 4.79 Å². The topological polar surface area (TPSA) is 20.3 Å². The molecule has 1 aliphatic heterocycles. The summed E-state index contributed by atoms with van der Waals surface area (Å²) in [4.78, 5) is 13.9. The van der Waals surface area contributed by atoms with Crippen LogP contribution in [0.3, 0.4) is 0 Å². The van der Waals surface area contributed by atoms with Gasteiger partial charge in [-0.15, -0.1) is 0 Å². The van der Waals surface area contributed by atoms with E-state index in [0.29, 0.717) is 18.1 Å². The molecule has 0 spiro atoms. The van der Waals surface area contributed by atoms with Gasteiger partial charge in [0.1, 0.15) is 0 Å². The molecule has 0 N–H and O–H groups in total. The van der Waals surface area contributed by atoms with E-state index in [2.05, 4.69) is 34.6 Å². The fourth-order valence-corrected chi connectivity index (χ4v) is 3.40. The Morgan fingerprint density at radius 3 is 2.68 bits per heavy atom. The van der Waals surface area contributed by atoms with Gasteiger partial charge in [0.25, 0.3) is 0 Å². The molecule has 0 bridgehead atoms. The van der Waals surface area contributed by atoms with Gasteiger partial charge in [0, 0.05) is 28.5 Å². The van der Waals surface area contributed by atoms with E-state index in [1.54, 1.807) is 0 Å². The smallest absolute Gasteiger partial charge is 0.246 e. The first-order chi connectivity index (χ1) is 10.6. The maximum absolute atomic E-state index is 12.1. The van der Waals surface area contributed by atoms with Crippen LogP contribution in [-0.4, -0.2) is 17.4 Å². The Morgan fingerprint density at radius 2 is 2.00 bits per heavy atom. The van der Waals surface area contributed by atoms with Crippen molar-refractivity contribution in [1.29, 1.82) is 0 Å². The third kappa shape index (κ3) is 2.96. The van der Waals surface area contributed by atoms with E-state index in [1.165, 1.54) is 17.2 Å². The van der Waals surface area contributed by atoms with Crippen LogP contribution in [0.25, 0.3) is 0 Å². The Bertz CT molecular complexity index is 726. The van der Waals surface area contributed by atoms with Gasteiger partial charge in [-0.05, 0) is 47.0 Å². The first kappa shape index (κ1) is 15.3. The van der Waals surface area contributed by atoms with Gasteiger partial charge >= 0.3 is 0 Å². The monoisotopic (exact) mass is 375 g/mol. The molecule has 2 aromatic carbocycles. The van der Waals surface area contributed by atoms with E-state index in [-0.39, 0.29) is 11.8 Å². The molecule has 1 aliphatic rings. The molecule has 0 aliphatic carbocycles. The van der Waals surface area contributed by atoms with Crippen molar-refractivity contribution in [3.05, 3.63) is 81.3 Å². The van der Waals surface area contributed by atoms with Crippen LogP contribution in [-0.2, 0) is 11.3 Å². The van der Waals surface area contributed by atoms with Crippen molar-refractivity contribution in [2.45, 2.75) is 12.5 Å². The maximum Gasteiger partial charge on any atom is 0.246 e. The Balaban J connectivity index is 2.06. The van der Waals surface area contributed by atoms with Crippen molar-refractivity contribution < 1.29 is 4.79 Å². The number of carbonyl (C=O) groups excluding carboxylic acids is 1. The van der Waals surface area contributed by atoms with Gasteiger partial charge in [-0.1, -0.05) is 52.3 Å². The van der Waals surface area contributed by atoms with Crippen molar-refractivity contribution in [3.63, 3.8) is 0 Å². The number of amides is 1. The molecule has 2 nitrogen and oxygen atoms in total. The second-order valence-electron chi connectivity index (χ2n) is 5.37. The number of hydrogen-bond donors (Lipinski definition) is 0. The zero-order valence-corrected chi connectivity index (χ0v) is 14.3. The Hall–Kier alpha value is -1.58. The summed E-state index contributed by atoms with van der Waals surface area (Å²) >= 11 is 9.53. The molecule has 112 valence electrons. The van der Waals surface area contributed by atoms with Crippen molar-refractivity contribution in [2.24, 2.45) is 0 Å². The van der Waals surface area contributed by atoms with Crippen LogP contribution in [0, 0.1) is 0 Å². The number of hydrogen-bond acceptors (Lipinski definition) is 1. The molecule has 0 radical (unpaired) electrons. The van der Waals surface area contributed by atoms with Gasteiger partial charge in [-0.3, -0.25) is 4.79 Å². The lowest BCUT2D eigenvalue weighted by atomic mass is 9.84.